The molecule has 1 aromatic rings. The van der Waals surface area contributed by atoms with Crippen molar-refractivity contribution in [1.29, 1.82) is 0 Å². The highest BCUT2D eigenvalue weighted by atomic mass is 16.2. The quantitative estimate of drug-likeness (QED) is 0.613. The number of anilines is 1. The predicted molar refractivity (Wildman–Crippen MR) is 82.5 cm³/mol. The van der Waals surface area contributed by atoms with Gasteiger partial charge in [0.15, 0.2) is 5.78 Å². The van der Waals surface area contributed by atoms with Gasteiger partial charge in [0.25, 0.3) is 0 Å². The molecule has 1 aliphatic heterocycles. The van der Waals surface area contributed by atoms with E-state index in [1.807, 2.05) is 6.07 Å². The molecule has 1 heterocycles. The van der Waals surface area contributed by atoms with Gasteiger partial charge in [0, 0.05) is 30.9 Å². The first-order valence-corrected chi connectivity index (χ1v) is 7.72. The van der Waals surface area contributed by atoms with Gasteiger partial charge >= 0.3 is 0 Å². The summed E-state index contributed by atoms with van der Waals surface area (Å²) in [7, 11) is 0. The molecule has 1 N–H and O–H groups in total. The van der Waals surface area contributed by atoms with Gasteiger partial charge in [-0.3, -0.25) is 4.79 Å². The second-order valence-corrected chi connectivity index (χ2v) is 5.63. The highest BCUT2D eigenvalue weighted by molar-refractivity contribution is 5.94. The lowest BCUT2D eigenvalue weighted by Crippen LogP contribution is -2.30. The number of fused-ring (bicyclic) bond motifs is 1. The first-order chi connectivity index (χ1) is 9.72. The summed E-state index contributed by atoms with van der Waals surface area (Å²) in [4.78, 5) is 13.9. The number of nitrogens with zero attached hydrogens (tertiary/aromatic N) is 1. The number of rotatable bonds is 7. The number of unbranched alkanes of at least 4 members (excludes halogenated alkanes) is 3. The van der Waals surface area contributed by atoms with Crippen LogP contribution in [-0.4, -0.2) is 30.6 Å². The van der Waals surface area contributed by atoms with Crippen molar-refractivity contribution in [1.82, 2.24) is 0 Å². The standard InChI is InChI=1S/C17H25NO2/c1-14(20)15-8-9-17-16(13-15)7-6-11-18(17)10-4-2-3-5-12-19/h8-9,13,19H,2-7,10-12H2,1H3. The van der Waals surface area contributed by atoms with Crippen molar-refractivity contribution in [2.24, 2.45) is 0 Å². The molecule has 0 bridgehead atoms. The minimum Gasteiger partial charge on any atom is -0.396 e. The zero-order valence-electron chi connectivity index (χ0n) is 12.4. The Morgan fingerprint density at radius 2 is 2.05 bits per heavy atom. The van der Waals surface area contributed by atoms with E-state index in [1.165, 1.54) is 30.5 Å². The van der Waals surface area contributed by atoms with Gasteiger partial charge in [0.05, 0.1) is 0 Å². The zero-order chi connectivity index (χ0) is 14.4. The van der Waals surface area contributed by atoms with E-state index >= 15 is 0 Å². The number of ketones is 1. The molecule has 0 aliphatic carbocycles. The largest absolute Gasteiger partial charge is 0.396 e. The van der Waals surface area contributed by atoms with Crippen LogP contribution in [0.3, 0.4) is 0 Å². The highest BCUT2D eigenvalue weighted by Gasteiger charge is 2.17. The molecule has 110 valence electrons. The van der Waals surface area contributed by atoms with E-state index in [0.717, 1.165) is 37.9 Å². The van der Waals surface area contributed by atoms with Crippen LogP contribution in [0.4, 0.5) is 5.69 Å². The van der Waals surface area contributed by atoms with Crippen LogP contribution in [0.25, 0.3) is 0 Å². The van der Waals surface area contributed by atoms with Crippen molar-refractivity contribution in [2.75, 3.05) is 24.6 Å². The molecule has 0 saturated heterocycles. The maximum absolute atomic E-state index is 11.5. The summed E-state index contributed by atoms with van der Waals surface area (Å²) in [5, 5.41) is 8.78. The van der Waals surface area contributed by atoms with Crippen LogP contribution < -0.4 is 4.90 Å². The van der Waals surface area contributed by atoms with Gasteiger partial charge < -0.3 is 10.0 Å². The van der Waals surface area contributed by atoms with E-state index < -0.39 is 0 Å². The number of aliphatic hydroxyl groups excluding tert-OH is 1. The summed E-state index contributed by atoms with van der Waals surface area (Å²) in [6, 6.07) is 6.12. The Bertz CT molecular complexity index is 456. The van der Waals surface area contributed by atoms with Crippen molar-refractivity contribution in [2.45, 2.75) is 45.4 Å². The molecule has 3 heteroatoms. The summed E-state index contributed by atoms with van der Waals surface area (Å²) >= 11 is 0. The Balaban J connectivity index is 1.96. The molecule has 0 saturated carbocycles. The third-order valence-electron chi connectivity index (χ3n) is 4.04. The average molecular weight is 275 g/mol. The number of carbonyl (C=O) groups is 1. The lowest BCUT2D eigenvalue weighted by molar-refractivity contribution is 0.101. The SMILES string of the molecule is CC(=O)c1ccc2c(c1)CCCN2CCCCCCO. The predicted octanol–water partition coefficient (Wildman–Crippen LogP) is 3.19. The summed E-state index contributed by atoms with van der Waals surface area (Å²) in [5.41, 5.74) is 3.45. The van der Waals surface area contributed by atoms with Gasteiger partial charge in [0.1, 0.15) is 0 Å². The third-order valence-corrected chi connectivity index (χ3v) is 4.04. The molecular formula is C17H25NO2. The molecule has 0 radical (unpaired) electrons. The molecule has 0 amide bonds. The number of aryl methyl sites for hydroxylation is 1. The van der Waals surface area contributed by atoms with E-state index in [2.05, 4.69) is 17.0 Å². The number of Topliss-reactive ketones (excluding diaryl/α,β-unsaturated/α-hetero) is 1. The second-order valence-electron chi connectivity index (χ2n) is 5.63. The fourth-order valence-electron chi connectivity index (χ4n) is 2.89. The normalized spacial score (nSPS) is 14.2. The maximum atomic E-state index is 11.5. The molecule has 1 aliphatic rings. The van der Waals surface area contributed by atoms with Crippen molar-refractivity contribution >= 4 is 11.5 Å². The van der Waals surface area contributed by atoms with Crippen molar-refractivity contribution in [3.05, 3.63) is 29.3 Å². The van der Waals surface area contributed by atoms with E-state index in [9.17, 15) is 4.79 Å². The summed E-state index contributed by atoms with van der Waals surface area (Å²) in [6.07, 6.45) is 6.63. The van der Waals surface area contributed by atoms with E-state index in [-0.39, 0.29) is 5.78 Å². The smallest absolute Gasteiger partial charge is 0.159 e. The number of benzene rings is 1. The van der Waals surface area contributed by atoms with E-state index in [1.54, 1.807) is 6.92 Å². The molecule has 0 atom stereocenters. The number of hydrogen-bond donors (Lipinski definition) is 1. The summed E-state index contributed by atoms with van der Waals surface area (Å²) in [5.74, 6) is 0.147. The fourth-order valence-corrected chi connectivity index (χ4v) is 2.89. The van der Waals surface area contributed by atoms with Gasteiger partial charge in [-0.25, -0.2) is 0 Å². The Morgan fingerprint density at radius 3 is 2.80 bits per heavy atom. The summed E-state index contributed by atoms with van der Waals surface area (Å²) < 4.78 is 0. The van der Waals surface area contributed by atoms with Gasteiger partial charge in [-0.2, -0.15) is 0 Å². The van der Waals surface area contributed by atoms with Crippen LogP contribution in [0, 0.1) is 0 Å². The molecule has 1 aromatic carbocycles. The van der Waals surface area contributed by atoms with Gasteiger partial charge in [-0.15, -0.1) is 0 Å². The lowest BCUT2D eigenvalue weighted by atomic mass is 9.97. The van der Waals surface area contributed by atoms with Crippen molar-refractivity contribution in [3.8, 4) is 0 Å². The first-order valence-electron chi connectivity index (χ1n) is 7.72. The second kappa shape index (κ2) is 7.44. The molecule has 0 spiro atoms. The Labute approximate surface area is 121 Å². The van der Waals surface area contributed by atoms with Gasteiger partial charge in [0.2, 0.25) is 0 Å². The van der Waals surface area contributed by atoms with Crippen molar-refractivity contribution in [3.63, 3.8) is 0 Å². The molecule has 20 heavy (non-hydrogen) atoms. The van der Waals surface area contributed by atoms with E-state index in [4.69, 9.17) is 5.11 Å². The van der Waals surface area contributed by atoms with Crippen LogP contribution in [0.5, 0.6) is 0 Å². The van der Waals surface area contributed by atoms with Gasteiger partial charge in [-0.1, -0.05) is 12.8 Å². The first kappa shape index (κ1) is 15.0. The maximum Gasteiger partial charge on any atom is 0.159 e. The Hall–Kier alpha value is -1.35. The number of carbonyl (C=O) groups excluding carboxylic acids is 1. The average Bonchev–Trinajstić information content (AvgIpc) is 2.46. The highest BCUT2D eigenvalue weighted by Crippen LogP contribution is 2.28. The van der Waals surface area contributed by atoms with Crippen LogP contribution in [0.15, 0.2) is 18.2 Å². The number of hydrogen-bond acceptors (Lipinski definition) is 3. The molecule has 3 nitrogen and oxygen atoms in total. The monoisotopic (exact) mass is 275 g/mol. The van der Waals surface area contributed by atoms with Crippen LogP contribution in [0.2, 0.25) is 0 Å². The fraction of sp³-hybridized carbons (Fsp3) is 0.588. The zero-order valence-corrected chi connectivity index (χ0v) is 12.4. The number of aliphatic hydroxyl groups is 1. The molecule has 0 unspecified atom stereocenters. The topological polar surface area (TPSA) is 40.5 Å². The van der Waals surface area contributed by atoms with Crippen LogP contribution in [0.1, 0.15) is 54.9 Å². The van der Waals surface area contributed by atoms with Gasteiger partial charge in [-0.05, 0) is 56.4 Å². The van der Waals surface area contributed by atoms with E-state index in [0.29, 0.717) is 6.61 Å². The molecule has 2 rings (SSSR count). The Morgan fingerprint density at radius 1 is 1.25 bits per heavy atom. The summed E-state index contributed by atoms with van der Waals surface area (Å²) in [6.45, 7) is 4.13. The van der Waals surface area contributed by atoms with Crippen molar-refractivity contribution < 1.29 is 9.90 Å². The van der Waals surface area contributed by atoms with Crippen LogP contribution >= 0.6 is 0 Å². The molecule has 0 aromatic heterocycles. The third kappa shape index (κ3) is 3.83. The van der Waals surface area contributed by atoms with Crippen LogP contribution in [-0.2, 0) is 6.42 Å². The lowest BCUT2D eigenvalue weighted by Gasteiger charge is -2.31. The molecule has 0 fully saturated rings. The Kier molecular flexibility index (Phi) is 5.60. The minimum absolute atomic E-state index is 0.147. The minimum atomic E-state index is 0.147. The molecular weight excluding hydrogens is 250 g/mol.